The van der Waals surface area contributed by atoms with Gasteiger partial charge >= 0.3 is 0 Å². The van der Waals surface area contributed by atoms with Gasteiger partial charge < -0.3 is 5.32 Å². The predicted molar refractivity (Wildman–Crippen MR) is 69.1 cm³/mol. The highest BCUT2D eigenvalue weighted by molar-refractivity contribution is 9.10. The van der Waals surface area contributed by atoms with Gasteiger partial charge in [-0.3, -0.25) is 9.79 Å². The van der Waals surface area contributed by atoms with Crippen LogP contribution in [0.1, 0.15) is 25.3 Å². The van der Waals surface area contributed by atoms with Gasteiger partial charge in [0.15, 0.2) is 0 Å². The smallest absolute Gasteiger partial charge is 0.274 e. The van der Waals surface area contributed by atoms with Crippen molar-refractivity contribution >= 4 is 33.2 Å². The van der Waals surface area contributed by atoms with Crippen LogP contribution in [0.25, 0.3) is 0 Å². The van der Waals surface area contributed by atoms with Crippen LogP contribution in [0.5, 0.6) is 0 Å². The van der Waals surface area contributed by atoms with Crippen LogP contribution in [-0.2, 0) is 4.79 Å². The van der Waals surface area contributed by atoms with Crippen LogP contribution >= 0.6 is 15.9 Å². The summed E-state index contributed by atoms with van der Waals surface area (Å²) in [7, 11) is 0. The number of hydrogen-bond acceptors (Lipinski definition) is 2. The van der Waals surface area contributed by atoms with Crippen LogP contribution < -0.4 is 5.32 Å². The average Bonchev–Trinajstić information content (AvgIpc) is 2.56. The normalized spacial score (nSPS) is 16.4. The van der Waals surface area contributed by atoms with Gasteiger partial charge in [-0.15, -0.1) is 0 Å². The zero-order valence-electron chi connectivity index (χ0n) is 9.09. The molecule has 0 fully saturated rings. The van der Waals surface area contributed by atoms with Gasteiger partial charge in [-0.25, -0.2) is 0 Å². The molecule has 0 saturated carbocycles. The number of carbonyl (C=O) groups excluding carboxylic acids is 1. The monoisotopic (exact) mass is 280 g/mol. The zero-order valence-corrected chi connectivity index (χ0v) is 10.7. The minimum atomic E-state index is -0.0933. The van der Waals surface area contributed by atoms with Crippen LogP contribution in [-0.4, -0.2) is 18.2 Å². The summed E-state index contributed by atoms with van der Waals surface area (Å²) >= 11 is 3.40. The Balaban J connectivity index is 2.31. The first-order valence-corrected chi connectivity index (χ1v) is 6.17. The van der Waals surface area contributed by atoms with Gasteiger partial charge in [0.1, 0.15) is 5.71 Å². The van der Waals surface area contributed by atoms with Crippen LogP contribution in [0.3, 0.4) is 0 Å². The van der Waals surface area contributed by atoms with Crippen molar-refractivity contribution in [1.82, 2.24) is 0 Å². The molecular weight excluding hydrogens is 268 g/mol. The first-order valence-electron chi connectivity index (χ1n) is 5.38. The number of nitrogens with one attached hydrogen (secondary N) is 1. The highest BCUT2D eigenvalue weighted by atomic mass is 79.9. The number of benzene rings is 1. The molecule has 3 nitrogen and oxygen atoms in total. The van der Waals surface area contributed by atoms with E-state index in [0.717, 1.165) is 28.6 Å². The van der Waals surface area contributed by atoms with Crippen molar-refractivity contribution in [3.63, 3.8) is 0 Å². The predicted octanol–water partition coefficient (Wildman–Crippen LogP) is 2.99. The van der Waals surface area contributed by atoms with Crippen molar-refractivity contribution in [3.8, 4) is 0 Å². The Morgan fingerprint density at radius 3 is 3.00 bits per heavy atom. The largest absolute Gasteiger partial charge is 0.320 e. The standard InChI is InChI=1S/C12H13BrN2O/c1-2-3-6-14-11-9-7-8(13)4-5-10(9)15-12(11)16/h4-5,7H,2-3,6H2,1H3,(H,14,15,16). The maximum atomic E-state index is 11.7. The number of hydrogen-bond donors (Lipinski definition) is 1. The second-order valence-corrected chi connectivity index (χ2v) is 4.64. The van der Waals surface area contributed by atoms with Gasteiger partial charge in [0, 0.05) is 16.6 Å². The van der Waals surface area contributed by atoms with E-state index in [-0.39, 0.29) is 5.91 Å². The number of unbranched alkanes of at least 4 members (excludes halogenated alkanes) is 1. The molecule has 1 aliphatic heterocycles. The second-order valence-electron chi connectivity index (χ2n) is 3.73. The van der Waals surface area contributed by atoms with Gasteiger partial charge in [-0.2, -0.15) is 0 Å². The van der Waals surface area contributed by atoms with Gasteiger partial charge in [0.05, 0.1) is 5.69 Å². The van der Waals surface area contributed by atoms with Crippen molar-refractivity contribution in [1.29, 1.82) is 0 Å². The van der Waals surface area contributed by atoms with Crippen molar-refractivity contribution in [3.05, 3.63) is 28.2 Å². The van der Waals surface area contributed by atoms with E-state index in [2.05, 4.69) is 33.2 Å². The number of halogens is 1. The molecule has 0 radical (unpaired) electrons. The molecule has 16 heavy (non-hydrogen) atoms. The molecule has 1 aromatic rings. The van der Waals surface area contributed by atoms with E-state index in [1.54, 1.807) is 0 Å². The zero-order chi connectivity index (χ0) is 11.5. The third-order valence-electron chi connectivity index (χ3n) is 2.48. The maximum absolute atomic E-state index is 11.7. The fraction of sp³-hybridized carbons (Fsp3) is 0.333. The van der Waals surface area contributed by atoms with Crippen LogP contribution in [0.2, 0.25) is 0 Å². The third kappa shape index (κ3) is 2.16. The first kappa shape index (κ1) is 11.3. The SMILES string of the molecule is CCCCN=C1C(=O)Nc2ccc(Br)cc21. The van der Waals surface area contributed by atoms with E-state index in [9.17, 15) is 4.79 Å². The number of fused-ring (bicyclic) bond motifs is 1. The number of carbonyl (C=O) groups is 1. The highest BCUT2D eigenvalue weighted by Gasteiger charge is 2.25. The Kier molecular flexibility index (Phi) is 3.39. The summed E-state index contributed by atoms with van der Waals surface area (Å²) < 4.78 is 0.964. The molecule has 0 saturated heterocycles. The number of amides is 1. The molecule has 0 aliphatic carbocycles. The summed E-state index contributed by atoms with van der Waals surface area (Å²) in [5.74, 6) is -0.0933. The minimum absolute atomic E-state index is 0.0933. The van der Waals surface area contributed by atoms with Gasteiger partial charge in [-0.05, 0) is 24.6 Å². The topological polar surface area (TPSA) is 41.5 Å². The molecule has 0 aromatic heterocycles. The van der Waals surface area contributed by atoms with Crippen molar-refractivity contribution in [2.45, 2.75) is 19.8 Å². The second kappa shape index (κ2) is 4.78. The minimum Gasteiger partial charge on any atom is -0.320 e. The quantitative estimate of drug-likeness (QED) is 0.850. The molecule has 1 aliphatic rings. The Bertz CT molecular complexity index is 454. The number of anilines is 1. The summed E-state index contributed by atoms with van der Waals surface area (Å²) in [6.07, 6.45) is 2.10. The van der Waals surface area contributed by atoms with E-state index in [0.29, 0.717) is 12.3 Å². The lowest BCUT2D eigenvalue weighted by atomic mass is 10.1. The number of rotatable bonds is 3. The molecule has 0 bridgehead atoms. The first-order chi connectivity index (χ1) is 7.72. The molecule has 0 atom stereocenters. The van der Waals surface area contributed by atoms with E-state index >= 15 is 0 Å². The van der Waals surface area contributed by atoms with Crippen molar-refractivity contribution in [2.75, 3.05) is 11.9 Å². The molecule has 1 amide bonds. The van der Waals surface area contributed by atoms with Gasteiger partial charge in [-0.1, -0.05) is 29.3 Å². The van der Waals surface area contributed by atoms with E-state index in [4.69, 9.17) is 0 Å². The lowest BCUT2D eigenvalue weighted by Gasteiger charge is -1.98. The third-order valence-corrected chi connectivity index (χ3v) is 2.97. The molecule has 1 N–H and O–H groups in total. The Morgan fingerprint density at radius 1 is 1.44 bits per heavy atom. The van der Waals surface area contributed by atoms with Crippen LogP contribution in [0.15, 0.2) is 27.7 Å². The average molecular weight is 281 g/mol. The number of nitrogens with zero attached hydrogens (tertiary/aromatic N) is 1. The summed E-state index contributed by atoms with van der Waals surface area (Å²) in [6.45, 7) is 2.82. The molecule has 4 heteroatoms. The fourth-order valence-electron chi connectivity index (χ4n) is 1.63. The summed E-state index contributed by atoms with van der Waals surface area (Å²) in [6, 6.07) is 5.73. The van der Waals surface area contributed by atoms with Crippen LogP contribution in [0.4, 0.5) is 5.69 Å². The molecule has 84 valence electrons. The molecule has 1 aromatic carbocycles. The Morgan fingerprint density at radius 2 is 2.25 bits per heavy atom. The lowest BCUT2D eigenvalue weighted by Crippen LogP contribution is -2.14. The maximum Gasteiger partial charge on any atom is 0.274 e. The van der Waals surface area contributed by atoms with E-state index in [1.807, 2.05) is 18.2 Å². The summed E-state index contributed by atoms with van der Waals surface area (Å²) in [5, 5.41) is 2.81. The van der Waals surface area contributed by atoms with Crippen LogP contribution in [0, 0.1) is 0 Å². The van der Waals surface area contributed by atoms with Gasteiger partial charge in [0.25, 0.3) is 5.91 Å². The van der Waals surface area contributed by atoms with E-state index < -0.39 is 0 Å². The number of aliphatic imine (C=N–C) groups is 1. The fourth-order valence-corrected chi connectivity index (χ4v) is 1.99. The molecular formula is C12H13BrN2O. The lowest BCUT2D eigenvalue weighted by molar-refractivity contribution is -0.110. The van der Waals surface area contributed by atoms with Crippen molar-refractivity contribution in [2.24, 2.45) is 4.99 Å². The molecule has 0 spiro atoms. The Labute approximate surface area is 103 Å². The highest BCUT2D eigenvalue weighted by Crippen LogP contribution is 2.26. The molecule has 2 rings (SSSR count). The molecule has 0 unspecified atom stereocenters. The van der Waals surface area contributed by atoms with Crippen molar-refractivity contribution < 1.29 is 4.79 Å². The summed E-state index contributed by atoms with van der Waals surface area (Å²) in [5.41, 5.74) is 2.31. The van der Waals surface area contributed by atoms with E-state index in [1.165, 1.54) is 0 Å². The Hall–Kier alpha value is -1.16. The summed E-state index contributed by atoms with van der Waals surface area (Å²) in [4.78, 5) is 16.0. The molecule has 1 heterocycles. The van der Waals surface area contributed by atoms with Gasteiger partial charge in [0.2, 0.25) is 0 Å².